The van der Waals surface area contributed by atoms with Gasteiger partial charge in [0.25, 0.3) is 0 Å². The van der Waals surface area contributed by atoms with Gasteiger partial charge in [-0.3, -0.25) is 0 Å². The molecule has 0 aromatic heterocycles. The van der Waals surface area contributed by atoms with Crippen LogP contribution in [-0.4, -0.2) is 150 Å². The van der Waals surface area contributed by atoms with Crippen molar-refractivity contribution in [3.63, 3.8) is 0 Å². The molecule has 6 aliphatic rings. The van der Waals surface area contributed by atoms with Crippen LogP contribution in [0.25, 0.3) is 0 Å². The maximum atomic E-state index is 11.6. The molecule has 0 aromatic rings. The van der Waals surface area contributed by atoms with Crippen LogP contribution in [-0.2, 0) is 18.9 Å². The number of allylic oxidation sites excluding steroid dienone is 1. The van der Waals surface area contributed by atoms with Crippen LogP contribution in [0.3, 0.4) is 0 Å². The lowest BCUT2D eigenvalue weighted by atomic mass is 9.46. The summed E-state index contributed by atoms with van der Waals surface area (Å²) in [5.41, 5.74) is 0.176. The van der Waals surface area contributed by atoms with Crippen molar-refractivity contribution in [2.24, 2.45) is 46.3 Å². The van der Waals surface area contributed by atoms with E-state index in [-0.39, 0.29) is 41.4 Å². The summed E-state index contributed by atoms with van der Waals surface area (Å²) in [7, 11) is 0. The van der Waals surface area contributed by atoms with E-state index in [1.54, 1.807) is 0 Å². The lowest BCUT2D eigenvalue weighted by Crippen LogP contribution is -2.62. The summed E-state index contributed by atoms with van der Waals surface area (Å²) >= 11 is 0. The number of rotatable bonds is 11. The van der Waals surface area contributed by atoms with E-state index in [0.29, 0.717) is 25.2 Å². The first kappa shape index (κ1) is 41.8. The second-order valence-corrected chi connectivity index (χ2v) is 18.1. The van der Waals surface area contributed by atoms with Crippen molar-refractivity contribution in [1.29, 1.82) is 0 Å². The molecule has 2 heterocycles. The third-order valence-corrected chi connectivity index (χ3v) is 14.7. The number of aliphatic hydroxyl groups is 10. The highest BCUT2D eigenvalue weighted by Crippen LogP contribution is 2.68. The van der Waals surface area contributed by atoms with Crippen molar-refractivity contribution in [1.82, 2.24) is 0 Å². The van der Waals surface area contributed by atoms with Gasteiger partial charge in [0.2, 0.25) is 0 Å². The van der Waals surface area contributed by atoms with E-state index in [2.05, 4.69) is 40.7 Å². The smallest absolute Gasteiger partial charge is 0.187 e. The lowest BCUT2D eigenvalue weighted by Gasteiger charge is -2.60. The zero-order valence-corrected chi connectivity index (χ0v) is 31.8. The standard InChI is InChI=1S/C39H66O14/c1-17(2)6-9-24(43)18(3)29-25(50-36-34(48)32(46)30(44)26(15-40)51-36)14-23-21-8-7-19-12-20(42)13-28(39(19,5)22(21)10-11-38(23,29)4)53-37-35(49)33(47)31(45)27(16-41)52-37/h7,17-18,20-37,40-49H,6,8-16H2,1-5H3/t18-,20-,21?,22?,23?,24?,25?,26?,27?,28?,29?,30?,31?,32?,33?,34?,35?,36?,37+,38?,39?/m1/s1. The minimum Gasteiger partial charge on any atom is -0.394 e. The fourth-order valence-electron chi connectivity index (χ4n) is 11.7. The molecule has 3 saturated carbocycles. The molecule has 5 fully saturated rings. The summed E-state index contributed by atoms with van der Waals surface area (Å²) in [6, 6.07) is 0. The van der Waals surface area contributed by atoms with Gasteiger partial charge in [0.15, 0.2) is 12.6 Å². The molecule has 2 aliphatic heterocycles. The molecule has 0 amide bonds. The molecule has 14 nitrogen and oxygen atoms in total. The molecule has 0 radical (unpaired) electrons. The van der Waals surface area contributed by atoms with E-state index in [4.69, 9.17) is 18.9 Å². The molecule has 21 atom stereocenters. The van der Waals surface area contributed by atoms with Crippen molar-refractivity contribution >= 4 is 0 Å². The summed E-state index contributed by atoms with van der Waals surface area (Å²) in [6.07, 6.45) is -9.27. The molecular weight excluding hydrogens is 692 g/mol. The van der Waals surface area contributed by atoms with E-state index in [0.717, 1.165) is 31.3 Å². The number of aliphatic hydroxyl groups excluding tert-OH is 10. The van der Waals surface area contributed by atoms with Gasteiger partial charge in [0.05, 0.1) is 37.6 Å². The summed E-state index contributed by atoms with van der Waals surface area (Å²) in [6.45, 7) is 9.58. The minimum atomic E-state index is -1.59. The fourth-order valence-corrected chi connectivity index (χ4v) is 11.7. The van der Waals surface area contributed by atoms with Crippen LogP contribution >= 0.6 is 0 Å². The third-order valence-electron chi connectivity index (χ3n) is 14.7. The van der Waals surface area contributed by atoms with E-state index in [1.807, 2.05) is 0 Å². The Morgan fingerprint density at radius 1 is 0.774 bits per heavy atom. The van der Waals surface area contributed by atoms with Gasteiger partial charge < -0.3 is 70.0 Å². The van der Waals surface area contributed by atoms with Crippen LogP contribution in [0.2, 0.25) is 0 Å². The zero-order valence-electron chi connectivity index (χ0n) is 31.8. The predicted octanol–water partition coefficient (Wildman–Crippen LogP) is -0.0505. The van der Waals surface area contributed by atoms with Crippen LogP contribution in [0.4, 0.5) is 0 Å². The van der Waals surface area contributed by atoms with E-state index < -0.39 is 104 Å². The molecule has 18 unspecified atom stereocenters. The van der Waals surface area contributed by atoms with E-state index >= 15 is 0 Å². The van der Waals surface area contributed by atoms with Crippen LogP contribution in [0.5, 0.6) is 0 Å². The van der Waals surface area contributed by atoms with Crippen molar-refractivity contribution in [3.8, 4) is 0 Å². The van der Waals surface area contributed by atoms with Gasteiger partial charge in [-0.25, -0.2) is 0 Å². The molecule has 0 spiro atoms. The molecule has 4 aliphatic carbocycles. The average Bonchev–Trinajstić information content (AvgIpc) is 3.42. The maximum absolute atomic E-state index is 11.6. The van der Waals surface area contributed by atoms with Gasteiger partial charge >= 0.3 is 0 Å². The Balaban J connectivity index is 1.31. The first-order valence-electron chi connectivity index (χ1n) is 19.9. The summed E-state index contributed by atoms with van der Waals surface area (Å²) in [5, 5.41) is 106. The molecule has 14 heteroatoms. The van der Waals surface area contributed by atoms with Gasteiger partial charge in [-0.05, 0) is 85.9 Å². The normalized spacial score (nSPS) is 51.2. The Bertz CT molecular complexity index is 1260. The van der Waals surface area contributed by atoms with Gasteiger partial charge in [-0.1, -0.05) is 46.3 Å². The van der Waals surface area contributed by atoms with Crippen LogP contribution in [0.15, 0.2) is 11.6 Å². The van der Waals surface area contributed by atoms with Crippen molar-refractivity contribution in [3.05, 3.63) is 11.6 Å². The second-order valence-electron chi connectivity index (χ2n) is 18.1. The van der Waals surface area contributed by atoms with Gasteiger partial charge in [0, 0.05) is 11.8 Å². The average molecular weight is 759 g/mol. The van der Waals surface area contributed by atoms with Gasteiger partial charge in [-0.2, -0.15) is 0 Å². The number of hydrogen-bond acceptors (Lipinski definition) is 14. The van der Waals surface area contributed by atoms with Crippen LogP contribution in [0, 0.1) is 46.3 Å². The molecule has 0 bridgehead atoms. The molecule has 2 saturated heterocycles. The Morgan fingerprint density at radius 2 is 1.36 bits per heavy atom. The van der Waals surface area contributed by atoms with Crippen molar-refractivity contribution in [2.75, 3.05) is 13.2 Å². The molecule has 306 valence electrons. The largest absolute Gasteiger partial charge is 0.394 e. The maximum Gasteiger partial charge on any atom is 0.187 e. The topological polar surface area (TPSA) is 239 Å². The quantitative estimate of drug-likeness (QED) is 0.124. The molecular formula is C39H66O14. The summed E-state index contributed by atoms with van der Waals surface area (Å²) in [4.78, 5) is 0. The highest BCUT2D eigenvalue weighted by Gasteiger charge is 2.65. The van der Waals surface area contributed by atoms with Gasteiger partial charge in [0.1, 0.15) is 48.8 Å². The Kier molecular flexibility index (Phi) is 12.8. The summed E-state index contributed by atoms with van der Waals surface area (Å²) < 4.78 is 24.8. The zero-order chi connectivity index (χ0) is 38.7. The number of hydrogen-bond donors (Lipinski definition) is 10. The SMILES string of the molecule is CC(C)CCC(O)[C@@H](C)C1C(OC2OC(CO)C(O)C(O)C2O)CC2C3CC=C4C[C@@H](O)CC(O[C@@H]5OC(CO)C(O)C(O)C5O)C4(C)C3CCC21C. The molecule has 0 aromatic carbocycles. The predicted molar refractivity (Wildman–Crippen MR) is 188 cm³/mol. The molecule has 10 N–H and O–H groups in total. The monoisotopic (exact) mass is 758 g/mol. The van der Waals surface area contributed by atoms with E-state index in [1.165, 1.54) is 0 Å². The minimum absolute atomic E-state index is 0.0794. The Hall–Kier alpha value is -0.820. The van der Waals surface area contributed by atoms with Crippen LogP contribution < -0.4 is 0 Å². The fraction of sp³-hybridized carbons (Fsp3) is 0.949. The first-order valence-corrected chi connectivity index (χ1v) is 19.9. The van der Waals surface area contributed by atoms with Gasteiger partial charge in [-0.15, -0.1) is 0 Å². The highest BCUT2D eigenvalue weighted by molar-refractivity contribution is 5.28. The Morgan fingerprint density at radius 3 is 1.92 bits per heavy atom. The van der Waals surface area contributed by atoms with E-state index in [9.17, 15) is 51.1 Å². The molecule has 53 heavy (non-hydrogen) atoms. The van der Waals surface area contributed by atoms with Crippen molar-refractivity contribution in [2.45, 2.75) is 172 Å². The number of ether oxygens (including phenoxy) is 4. The third kappa shape index (κ3) is 7.42. The second kappa shape index (κ2) is 16.2. The van der Waals surface area contributed by atoms with Crippen molar-refractivity contribution < 1.29 is 70.0 Å². The lowest BCUT2D eigenvalue weighted by molar-refractivity contribution is -0.324. The highest BCUT2D eigenvalue weighted by atomic mass is 16.7. The molecule has 6 rings (SSSR count). The summed E-state index contributed by atoms with van der Waals surface area (Å²) in [5.74, 6) is 0.371. The van der Waals surface area contributed by atoms with Crippen LogP contribution in [0.1, 0.15) is 86.0 Å². The number of fused-ring (bicyclic) bond motifs is 5. The first-order chi connectivity index (χ1) is 25.0. The Labute approximate surface area is 312 Å².